The number of ether oxygens (including phenoxy) is 1. The predicted octanol–water partition coefficient (Wildman–Crippen LogP) is 1.18. The van der Waals surface area contributed by atoms with Gasteiger partial charge in [-0.2, -0.15) is 0 Å². The summed E-state index contributed by atoms with van der Waals surface area (Å²) in [4.78, 5) is 18.0. The molecule has 0 bridgehead atoms. The molecule has 0 aromatic carbocycles. The Balaban J connectivity index is 1.72. The van der Waals surface area contributed by atoms with Gasteiger partial charge in [-0.3, -0.25) is 4.79 Å². The molecule has 0 radical (unpaired) electrons. The molecule has 1 aliphatic heterocycles. The molecule has 1 N–H and O–H groups in total. The Bertz CT molecular complexity index is 416. The van der Waals surface area contributed by atoms with Gasteiger partial charge in [-0.05, 0) is 32.9 Å². The predicted molar refractivity (Wildman–Crippen MR) is 75.2 cm³/mol. The highest BCUT2D eigenvalue weighted by Gasteiger charge is 2.17. The van der Waals surface area contributed by atoms with E-state index in [0.29, 0.717) is 6.54 Å². The van der Waals surface area contributed by atoms with Crippen LogP contribution in [0.4, 0.5) is 0 Å². The van der Waals surface area contributed by atoms with Crippen molar-refractivity contribution < 1.29 is 9.53 Å². The zero-order chi connectivity index (χ0) is 13.7. The van der Waals surface area contributed by atoms with Crippen molar-refractivity contribution in [3.8, 4) is 0 Å². The van der Waals surface area contributed by atoms with Crippen LogP contribution in [0.3, 0.4) is 0 Å². The largest absolute Gasteiger partial charge is 0.368 e. The average Bonchev–Trinajstić information content (AvgIpc) is 2.82. The van der Waals surface area contributed by atoms with Crippen molar-refractivity contribution in [1.82, 2.24) is 15.2 Å². The lowest BCUT2D eigenvalue weighted by molar-refractivity contribution is -0.138. The van der Waals surface area contributed by atoms with Gasteiger partial charge in [0.2, 0.25) is 5.91 Å². The first-order valence-corrected chi connectivity index (χ1v) is 7.50. The van der Waals surface area contributed by atoms with Gasteiger partial charge in [0.15, 0.2) is 0 Å². The number of likely N-dealkylation sites (N-methyl/N-ethyl adjacent to an activating group) is 1. The van der Waals surface area contributed by atoms with E-state index in [1.807, 2.05) is 12.3 Å². The lowest BCUT2D eigenvalue weighted by Gasteiger charge is -2.24. The fourth-order valence-electron chi connectivity index (χ4n) is 2.07. The van der Waals surface area contributed by atoms with Crippen LogP contribution in [-0.2, 0) is 16.1 Å². The van der Waals surface area contributed by atoms with Crippen LogP contribution >= 0.6 is 11.3 Å². The van der Waals surface area contributed by atoms with Gasteiger partial charge in [0.1, 0.15) is 6.61 Å². The molecule has 5 nitrogen and oxygen atoms in total. The third-order valence-electron chi connectivity index (χ3n) is 3.22. The van der Waals surface area contributed by atoms with E-state index < -0.39 is 0 Å². The topological polar surface area (TPSA) is 54.5 Å². The number of carbonyl (C=O) groups excluding carboxylic acids is 1. The summed E-state index contributed by atoms with van der Waals surface area (Å²) in [5.74, 6) is 0.0178. The quantitative estimate of drug-likeness (QED) is 0.881. The Kier molecular flexibility index (Phi) is 5.30. The molecule has 2 heterocycles. The van der Waals surface area contributed by atoms with Crippen LogP contribution in [0, 0.1) is 6.92 Å². The van der Waals surface area contributed by atoms with Gasteiger partial charge < -0.3 is 15.0 Å². The molecule has 1 saturated heterocycles. The average molecular weight is 283 g/mol. The van der Waals surface area contributed by atoms with Gasteiger partial charge >= 0.3 is 0 Å². The lowest BCUT2D eigenvalue weighted by Crippen LogP contribution is -2.36. The van der Waals surface area contributed by atoms with Crippen LogP contribution in [-0.4, -0.2) is 48.6 Å². The third-order valence-corrected chi connectivity index (χ3v) is 4.04. The monoisotopic (exact) mass is 283 g/mol. The van der Waals surface area contributed by atoms with Gasteiger partial charge in [0.05, 0.1) is 23.4 Å². The van der Waals surface area contributed by atoms with Crippen molar-refractivity contribution in [3.05, 3.63) is 16.1 Å². The van der Waals surface area contributed by atoms with E-state index in [-0.39, 0.29) is 18.6 Å². The normalized spacial score (nSPS) is 16.5. The summed E-state index contributed by atoms with van der Waals surface area (Å²) in [5, 5.41) is 6.30. The maximum absolute atomic E-state index is 12.0. The standard InChI is InChI=1S/C13H21N3O2S/c1-10-15-11(9-19-10)7-16(2)13(17)8-18-12-3-5-14-6-4-12/h9,12,14H,3-8H2,1-2H3. The number of nitrogens with one attached hydrogen (secondary N) is 1. The van der Waals surface area contributed by atoms with E-state index >= 15 is 0 Å². The maximum atomic E-state index is 12.0. The molecule has 0 saturated carbocycles. The highest BCUT2D eigenvalue weighted by molar-refractivity contribution is 7.09. The number of thiazole rings is 1. The number of hydrogen-bond acceptors (Lipinski definition) is 5. The number of aryl methyl sites for hydroxylation is 1. The fraction of sp³-hybridized carbons (Fsp3) is 0.692. The first kappa shape index (κ1) is 14.4. The van der Waals surface area contributed by atoms with Crippen molar-refractivity contribution in [3.63, 3.8) is 0 Å². The van der Waals surface area contributed by atoms with Gasteiger partial charge in [-0.25, -0.2) is 4.98 Å². The molecule has 0 atom stereocenters. The minimum absolute atomic E-state index is 0.0178. The molecular formula is C13H21N3O2S. The van der Waals surface area contributed by atoms with Gasteiger partial charge in [0.25, 0.3) is 0 Å². The second-order valence-electron chi connectivity index (χ2n) is 4.87. The number of hydrogen-bond donors (Lipinski definition) is 1. The van der Waals surface area contributed by atoms with E-state index in [9.17, 15) is 4.79 Å². The molecule has 1 fully saturated rings. The number of amides is 1. The minimum Gasteiger partial charge on any atom is -0.368 e. The first-order valence-electron chi connectivity index (χ1n) is 6.62. The first-order chi connectivity index (χ1) is 9.15. The van der Waals surface area contributed by atoms with E-state index in [1.54, 1.807) is 23.3 Å². The molecule has 106 valence electrons. The lowest BCUT2D eigenvalue weighted by atomic mass is 10.1. The molecule has 19 heavy (non-hydrogen) atoms. The Morgan fingerprint density at radius 2 is 2.32 bits per heavy atom. The summed E-state index contributed by atoms with van der Waals surface area (Å²) in [5.41, 5.74) is 0.945. The molecule has 0 unspecified atom stereocenters. The van der Waals surface area contributed by atoms with Crippen LogP contribution in [0.1, 0.15) is 23.5 Å². The van der Waals surface area contributed by atoms with Crippen LogP contribution in [0.2, 0.25) is 0 Å². The molecule has 1 amide bonds. The molecule has 6 heteroatoms. The summed E-state index contributed by atoms with van der Waals surface area (Å²) >= 11 is 1.61. The van der Waals surface area contributed by atoms with Crippen LogP contribution < -0.4 is 5.32 Å². The number of aromatic nitrogens is 1. The number of rotatable bonds is 5. The Morgan fingerprint density at radius 1 is 1.58 bits per heavy atom. The van der Waals surface area contributed by atoms with Crippen molar-refractivity contribution in [2.45, 2.75) is 32.4 Å². The van der Waals surface area contributed by atoms with Crippen LogP contribution in [0.25, 0.3) is 0 Å². The summed E-state index contributed by atoms with van der Waals surface area (Å²) in [6, 6.07) is 0. The van der Waals surface area contributed by atoms with E-state index in [4.69, 9.17) is 4.74 Å². The molecule has 1 aromatic rings. The summed E-state index contributed by atoms with van der Waals surface area (Å²) in [6.07, 6.45) is 2.20. The van der Waals surface area contributed by atoms with Gasteiger partial charge in [0, 0.05) is 12.4 Å². The number of piperidine rings is 1. The number of nitrogens with zero attached hydrogens (tertiary/aromatic N) is 2. The van der Waals surface area contributed by atoms with Crippen molar-refractivity contribution >= 4 is 17.2 Å². The van der Waals surface area contributed by atoms with E-state index in [2.05, 4.69) is 10.3 Å². The molecule has 0 aliphatic carbocycles. The van der Waals surface area contributed by atoms with Crippen LogP contribution in [0.5, 0.6) is 0 Å². The summed E-state index contributed by atoms with van der Waals surface area (Å²) in [6.45, 7) is 4.65. The molecule has 2 rings (SSSR count). The van der Waals surface area contributed by atoms with Crippen LogP contribution in [0.15, 0.2) is 5.38 Å². The Hall–Kier alpha value is -0.980. The SMILES string of the molecule is Cc1nc(CN(C)C(=O)COC2CCNCC2)cs1. The molecule has 1 aromatic heterocycles. The Morgan fingerprint density at radius 3 is 2.95 bits per heavy atom. The molecular weight excluding hydrogens is 262 g/mol. The molecule has 0 spiro atoms. The van der Waals surface area contributed by atoms with Gasteiger partial charge in [-0.15, -0.1) is 11.3 Å². The summed E-state index contributed by atoms with van der Waals surface area (Å²) in [7, 11) is 1.79. The van der Waals surface area contributed by atoms with Crippen molar-refractivity contribution in [2.75, 3.05) is 26.7 Å². The fourth-order valence-corrected chi connectivity index (χ4v) is 2.68. The molecule has 1 aliphatic rings. The van der Waals surface area contributed by atoms with Crippen molar-refractivity contribution in [1.29, 1.82) is 0 Å². The van der Waals surface area contributed by atoms with Gasteiger partial charge in [-0.1, -0.05) is 0 Å². The second kappa shape index (κ2) is 6.98. The second-order valence-corrected chi connectivity index (χ2v) is 5.93. The highest BCUT2D eigenvalue weighted by Crippen LogP contribution is 2.11. The smallest absolute Gasteiger partial charge is 0.248 e. The zero-order valence-corrected chi connectivity index (χ0v) is 12.3. The van der Waals surface area contributed by atoms with Crippen molar-refractivity contribution in [2.24, 2.45) is 0 Å². The highest BCUT2D eigenvalue weighted by atomic mass is 32.1. The minimum atomic E-state index is 0.0178. The van der Waals surface area contributed by atoms with E-state index in [1.165, 1.54) is 0 Å². The number of carbonyl (C=O) groups is 1. The Labute approximate surface area is 118 Å². The third kappa shape index (κ3) is 4.56. The van der Waals surface area contributed by atoms with E-state index in [0.717, 1.165) is 36.6 Å². The summed E-state index contributed by atoms with van der Waals surface area (Å²) < 4.78 is 5.66. The maximum Gasteiger partial charge on any atom is 0.248 e. The zero-order valence-electron chi connectivity index (χ0n) is 11.5.